The van der Waals surface area contributed by atoms with E-state index in [2.05, 4.69) is 29.1 Å². The number of thiophene rings is 1. The Morgan fingerprint density at radius 3 is 2.93 bits per heavy atom. The van der Waals surface area contributed by atoms with Crippen molar-refractivity contribution in [3.05, 3.63) is 22.4 Å². The van der Waals surface area contributed by atoms with E-state index in [9.17, 15) is 0 Å². The Morgan fingerprint density at radius 2 is 2.43 bits per heavy atom. The van der Waals surface area contributed by atoms with E-state index in [4.69, 9.17) is 10.8 Å². The summed E-state index contributed by atoms with van der Waals surface area (Å²) in [5.41, 5.74) is 6.93. The largest absolute Gasteiger partial charge is 0.396 e. The number of aliphatic hydroxyl groups is 1. The highest BCUT2D eigenvalue weighted by atomic mass is 32.1. The quantitative estimate of drug-likeness (QED) is 0.665. The van der Waals surface area contributed by atoms with Crippen molar-refractivity contribution in [2.75, 3.05) is 13.2 Å². The predicted molar refractivity (Wildman–Crippen MR) is 60.4 cm³/mol. The average molecular weight is 214 g/mol. The van der Waals surface area contributed by atoms with Crippen molar-refractivity contribution < 1.29 is 5.11 Å². The van der Waals surface area contributed by atoms with Crippen LogP contribution in [0.1, 0.15) is 24.9 Å². The molecule has 2 unspecified atom stereocenters. The van der Waals surface area contributed by atoms with Crippen LogP contribution in [-0.4, -0.2) is 24.3 Å². The topological polar surface area (TPSA) is 58.3 Å². The van der Waals surface area contributed by atoms with Crippen molar-refractivity contribution in [1.82, 2.24) is 5.32 Å². The zero-order chi connectivity index (χ0) is 10.4. The number of nitrogens with one attached hydrogen (secondary N) is 1. The van der Waals surface area contributed by atoms with Crippen LogP contribution < -0.4 is 11.1 Å². The van der Waals surface area contributed by atoms with Gasteiger partial charge >= 0.3 is 0 Å². The molecule has 0 spiro atoms. The van der Waals surface area contributed by atoms with Crippen molar-refractivity contribution in [3.8, 4) is 0 Å². The van der Waals surface area contributed by atoms with E-state index < -0.39 is 0 Å². The predicted octanol–water partition coefficient (Wildman–Crippen LogP) is 1.11. The van der Waals surface area contributed by atoms with Gasteiger partial charge in [-0.25, -0.2) is 0 Å². The van der Waals surface area contributed by atoms with Crippen LogP contribution in [0, 0.1) is 0 Å². The maximum absolute atomic E-state index is 8.78. The van der Waals surface area contributed by atoms with Crippen LogP contribution in [0.25, 0.3) is 0 Å². The fourth-order valence-electron chi connectivity index (χ4n) is 1.39. The minimum Gasteiger partial charge on any atom is -0.396 e. The van der Waals surface area contributed by atoms with Crippen LogP contribution in [0.4, 0.5) is 0 Å². The molecular formula is C10H18N2OS. The summed E-state index contributed by atoms with van der Waals surface area (Å²) in [5, 5.41) is 16.3. The fourth-order valence-corrected chi connectivity index (χ4v) is 2.11. The summed E-state index contributed by atoms with van der Waals surface area (Å²) >= 11 is 1.68. The molecule has 1 rings (SSSR count). The van der Waals surface area contributed by atoms with Crippen LogP contribution in [-0.2, 0) is 0 Å². The lowest BCUT2D eigenvalue weighted by atomic mass is 10.1. The Morgan fingerprint density at radius 1 is 1.64 bits per heavy atom. The fraction of sp³-hybridized carbons (Fsp3) is 0.600. The maximum atomic E-state index is 8.78. The molecule has 80 valence electrons. The van der Waals surface area contributed by atoms with E-state index in [1.807, 2.05) is 0 Å². The molecule has 4 heteroatoms. The Labute approximate surface area is 88.9 Å². The second-order valence-corrected chi connectivity index (χ2v) is 4.21. The van der Waals surface area contributed by atoms with Crippen molar-refractivity contribution in [2.45, 2.75) is 25.4 Å². The van der Waals surface area contributed by atoms with Gasteiger partial charge in [0.05, 0.1) is 0 Å². The minimum atomic E-state index is 0.211. The molecule has 0 aliphatic carbocycles. The average Bonchev–Trinajstić information content (AvgIpc) is 2.67. The van der Waals surface area contributed by atoms with E-state index in [0.29, 0.717) is 12.6 Å². The SMILES string of the molecule is CC(CCO)NC(CN)c1ccsc1. The van der Waals surface area contributed by atoms with Gasteiger partial charge < -0.3 is 16.2 Å². The Bertz CT molecular complexity index is 238. The normalized spacial score (nSPS) is 15.4. The summed E-state index contributed by atoms with van der Waals surface area (Å²) in [7, 11) is 0. The molecule has 0 bridgehead atoms. The summed E-state index contributed by atoms with van der Waals surface area (Å²) in [4.78, 5) is 0. The van der Waals surface area contributed by atoms with Gasteiger partial charge in [0.2, 0.25) is 0 Å². The standard InChI is InChI=1S/C10H18N2OS/c1-8(2-4-13)12-10(6-11)9-3-5-14-7-9/h3,5,7-8,10,12-13H,2,4,6,11H2,1H3. The van der Waals surface area contributed by atoms with Crippen LogP contribution in [0.15, 0.2) is 16.8 Å². The van der Waals surface area contributed by atoms with Crippen LogP contribution in [0.2, 0.25) is 0 Å². The van der Waals surface area contributed by atoms with Gasteiger partial charge in [-0.2, -0.15) is 11.3 Å². The highest BCUT2D eigenvalue weighted by Gasteiger charge is 2.12. The lowest BCUT2D eigenvalue weighted by Gasteiger charge is -2.20. The molecule has 0 radical (unpaired) electrons. The molecule has 14 heavy (non-hydrogen) atoms. The first kappa shape index (κ1) is 11.7. The Kier molecular flexibility index (Phi) is 5.11. The highest BCUT2D eigenvalue weighted by molar-refractivity contribution is 7.07. The molecular weight excluding hydrogens is 196 g/mol. The minimum absolute atomic E-state index is 0.211. The van der Waals surface area contributed by atoms with Crippen molar-refractivity contribution >= 4 is 11.3 Å². The molecule has 1 aromatic rings. The van der Waals surface area contributed by atoms with Gasteiger partial charge in [0.25, 0.3) is 0 Å². The van der Waals surface area contributed by atoms with Crippen LogP contribution in [0.5, 0.6) is 0 Å². The van der Waals surface area contributed by atoms with Gasteiger partial charge in [-0.15, -0.1) is 0 Å². The molecule has 0 aliphatic rings. The third kappa shape index (κ3) is 3.38. The van der Waals surface area contributed by atoms with E-state index >= 15 is 0 Å². The number of hydrogen-bond acceptors (Lipinski definition) is 4. The van der Waals surface area contributed by atoms with Crippen molar-refractivity contribution in [1.29, 1.82) is 0 Å². The summed E-state index contributed by atoms with van der Waals surface area (Å²) in [6, 6.07) is 2.59. The first-order chi connectivity index (χ1) is 6.77. The highest BCUT2D eigenvalue weighted by Crippen LogP contribution is 2.16. The molecule has 2 atom stereocenters. The number of hydrogen-bond donors (Lipinski definition) is 3. The number of nitrogens with two attached hydrogens (primary N) is 1. The molecule has 0 amide bonds. The lowest BCUT2D eigenvalue weighted by Crippen LogP contribution is -2.35. The molecule has 0 saturated carbocycles. The smallest absolute Gasteiger partial charge is 0.0454 e. The maximum Gasteiger partial charge on any atom is 0.0454 e. The summed E-state index contributed by atoms with van der Waals surface area (Å²) in [6.07, 6.45) is 0.765. The molecule has 1 heterocycles. The molecule has 4 N–H and O–H groups in total. The van der Waals surface area contributed by atoms with Gasteiger partial charge in [-0.1, -0.05) is 0 Å². The van der Waals surface area contributed by atoms with Gasteiger partial charge in [0.15, 0.2) is 0 Å². The van der Waals surface area contributed by atoms with E-state index in [1.54, 1.807) is 11.3 Å². The third-order valence-electron chi connectivity index (χ3n) is 2.23. The second kappa shape index (κ2) is 6.14. The zero-order valence-electron chi connectivity index (χ0n) is 8.44. The second-order valence-electron chi connectivity index (χ2n) is 3.42. The lowest BCUT2D eigenvalue weighted by molar-refractivity contribution is 0.263. The van der Waals surface area contributed by atoms with Crippen LogP contribution >= 0.6 is 11.3 Å². The summed E-state index contributed by atoms with van der Waals surface area (Å²) in [6.45, 7) is 2.87. The molecule has 0 aromatic carbocycles. The van der Waals surface area contributed by atoms with E-state index in [-0.39, 0.29) is 12.6 Å². The molecule has 0 saturated heterocycles. The van der Waals surface area contributed by atoms with Crippen molar-refractivity contribution in [2.24, 2.45) is 5.73 Å². The Hall–Kier alpha value is -0.420. The van der Waals surface area contributed by atoms with E-state index in [1.165, 1.54) is 5.56 Å². The number of rotatable bonds is 6. The van der Waals surface area contributed by atoms with Crippen LogP contribution in [0.3, 0.4) is 0 Å². The molecule has 3 nitrogen and oxygen atoms in total. The summed E-state index contributed by atoms with van der Waals surface area (Å²) < 4.78 is 0. The summed E-state index contributed by atoms with van der Waals surface area (Å²) in [5.74, 6) is 0. The zero-order valence-corrected chi connectivity index (χ0v) is 9.26. The van der Waals surface area contributed by atoms with Gasteiger partial charge in [0.1, 0.15) is 0 Å². The van der Waals surface area contributed by atoms with E-state index in [0.717, 1.165) is 6.42 Å². The molecule has 0 fully saturated rings. The van der Waals surface area contributed by atoms with Crippen molar-refractivity contribution in [3.63, 3.8) is 0 Å². The van der Waals surface area contributed by atoms with Gasteiger partial charge in [-0.05, 0) is 35.7 Å². The monoisotopic (exact) mass is 214 g/mol. The molecule has 1 aromatic heterocycles. The third-order valence-corrected chi connectivity index (χ3v) is 2.93. The first-order valence-corrected chi connectivity index (χ1v) is 5.81. The molecule has 0 aliphatic heterocycles. The van der Waals surface area contributed by atoms with Gasteiger partial charge in [0, 0.05) is 25.2 Å². The number of aliphatic hydroxyl groups excluding tert-OH is 1. The first-order valence-electron chi connectivity index (χ1n) is 4.87. The Balaban J connectivity index is 2.47. The van der Waals surface area contributed by atoms with Gasteiger partial charge in [-0.3, -0.25) is 0 Å².